The van der Waals surface area contributed by atoms with Crippen LogP contribution in [0.25, 0.3) is 0 Å². The molecule has 0 saturated heterocycles. The van der Waals surface area contributed by atoms with Crippen LogP contribution in [0.5, 0.6) is 0 Å². The normalized spacial score (nSPS) is 14.5. The van der Waals surface area contributed by atoms with Crippen LogP contribution in [0.4, 0.5) is 0 Å². The molecule has 0 unspecified atom stereocenters. The van der Waals surface area contributed by atoms with Gasteiger partial charge in [-0.2, -0.15) is 0 Å². The summed E-state index contributed by atoms with van der Waals surface area (Å²) in [6, 6.07) is 0. The quantitative estimate of drug-likeness (QED) is 0.784. The van der Waals surface area contributed by atoms with Crippen molar-refractivity contribution in [2.75, 3.05) is 0 Å². The second kappa shape index (κ2) is 6.37. The van der Waals surface area contributed by atoms with Crippen LogP contribution in [0.1, 0.15) is 46.6 Å². The Morgan fingerprint density at radius 2 is 2.18 bits per heavy atom. The zero-order valence-corrected chi connectivity index (χ0v) is 14.3. The van der Waals surface area contributed by atoms with Gasteiger partial charge in [-0.1, -0.05) is 11.8 Å². The molecule has 0 aromatic carbocycles. The molecule has 2 aromatic heterocycles. The molecule has 1 aliphatic carbocycles. The summed E-state index contributed by atoms with van der Waals surface area (Å²) in [7, 11) is 0. The van der Waals surface area contributed by atoms with Crippen molar-refractivity contribution in [3.63, 3.8) is 0 Å². The van der Waals surface area contributed by atoms with Gasteiger partial charge in [-0.3, -0.25) is 4.79 Å². The van der Waals surface area contributed by atoms with E-state index in [1.54, 1.807) is 23.1 Å². The third-order valence-electron chi connectivity index (χ3n) is 3.67. The smallest absolute Gasteiger partial charge is 0.219 e. The van der Waals surface area contributed by atoms with E-state index in [0.717, 1.165) is 40.3 Å². The molecule has 0 bridgehead atoms. The third kappa shape index (κ3) is 3.49. The van der Waals surface area contributed by atoms with Gasteiger partial charge in [0.2, 0.25) is 5.91 Å². The van der Waals surface area contributed by atoms with E-state index in [-0.39, 0.29) is 5.91 Å². The lowest BCUT2D eigenvalue weighted by Crippen LogP contribution is -2.15. The van der Waals surface area contributed by atoms with Crippen molar-refractivity contribution in [3.8, 4) is 0 Å². The Balaban J connectivity index is 1.73. The van der Waals surface area contributed by atoms with Crippen molar-refractivity contribution in [1.82, 2.24) is 19.7 Å². The lowest BCUT2D eigenvalue weighted by molar-refractivity contribution is -0.118. The van der Waals surface area contributed by atoms with Gasteiger partial charge in [-0.25, -0.2) is 4.98 Å². The van der Waals surface area contributed by atoms with E-state index in [1.165, 1.54) is 4.88 Å². The first-order chi connectivity index (χ1) is 10.5. The fraction of sp³-hybridized carbons (Fsp3) is 0.571. The van der Waals surface area contributed by atoms with E-state index in [1.807, 2.05) is 6.92 Å². The molecular formula is C14H19N5OS2. The minimum absolute atomic E-state index is 0.294. The fourth-order valence-corrected chi connectivity index (χ4v) is 4.11. The lowest BCUT2D eigenvalue weighted by atomic mass is 10.3. The number of primary amides is 1. The van der Waals surface area contributed by atoms with Gasteiger partial charge in [0.15, 0.2) is 5.16 Å². The van der Waals surface area contributed by atoms with Crippen LogP contribution in [0.2, 0.25) is 0 Å². The molecule has 0 aliphatic heterocycles. The van der Waals surface area contributed by atoms with Crippen molar-refractivity contribution in [2.24, 2.45) is 5.73 Å². The number of hydrogen-bond acceptors (Lipinski definition) is 6. The zero-order chi connectivity index (χ0) is 15.7. The van der Waals surface area contributed by atoms with Gasteiger partial charge in [-0.05, 0) is 26.7 Å². The second-order valence-corrected chi connectivity index (χ2v) is 7.75. The van der Waals surface area contributed by atoms with Crippen LogP contribution in [-0.4, -0.2) is 25.7 Å². The molecule has 0 atom stereocenters. The molecule has 0 spiro atoms. The van der Waals surface area contributed by atoms with Crippen molar-refractivity contribution in [1.29, 1.82) is 0 Å². The molecule has 6 nitrogen and oxygen atoms in total. The van der Waals surface area contributed by atoms with Gasteiger partial charge in [0, 0.05) is 23.8 Å². The first-order valence-electron chi connectivity index (χ1n) is 7.31. The molecule has 2 aromatic rings. The van der Waals surface area contributed by atoms with Gasteiger partial charge in [0.1, 0.15) is 10.8 Å². The Hall–Kier alpha value is -1.41. The molecule has 1 amide bonds. The predicted molar refractivity (Wildman–Crippen MR) is 87.0 cm³/mol. The Morgan fingerprint density at radius 3 is 2.77 bits per heavy atom. The average Bonchev–Trinajstić information content (AvgIpc) is 3.15. The molecular weight excluding hydrogens is 318 g/mol. The van der Waals surface area contributed by atoms with E-state index in [9.17, 15) is 4.79 Å². The second-order valence-electron chi connectivity index (χ2n) is 5.52. The van der Waals surface area contributed by atoms with Gasteiger partial charge in [0.05, 0.1) is 11.4 Å². The largest absolute Gasteiger partial charge is 0.370 e. The van der Waals surface area contributed by atoms with E-state index in [0.29, 0.717) is 18.9 Å². The summed E-state index contributed by atoms with van der Waals surface area (Å²) in [6.45, 7) is 4.68. The highest BCUT2D eigenvalue weighted by atomic mass is 32.2. The summed E-state index contributed by atoms with van der Waals surface area (Å²) < 4.78 is 2.06. The highest BCUT2D eigenvalue weighted by molar-refractivity contribution is 7.98. The Morgan fingerprint density at radius 1 is 1.41 bits per heavy atom. The zero-order valence-electron chi connectivity index (χ0n) is 12.7. The topological polar surface area (TPSA) is 86.7 Å². The molecule has 0 radical (unpaired) electrons. The number of nitrogens with zero attached hydrogens (tertiary/aromatic N) is 4. The number of aryl methyl sites for hydroxylation is 2. The summed E-state index contributed by atoms with van der Waals surface area (Å²) in [6.07, 6.45) is 2.63. The SMILES string of the molecule is Cc1nc(CSc2nnc(C3CC3)n2CCC(N)=O)sc1C. The standard InChI is InChI=1S/C14H19N5OS2/c1-8-9(2)22-12(16-8)7-21-14-18-17-13(10-3-4-10)19(14)6-5-11(15)20/h10H,3-7H2,1-2H3,(H2,15,20). The van der Waals surface area contributed by atoms with Crippen molar-refractivity contribution < 1.29 is 4.79 Å². The van der Waals surface area contributed by atoms with Crippen LogP contribution in [0.15, 0.2) is 5.16 Å². The number of nitrogens with two attached hydrogens (primary N) is 1. The maximum absolute atomic E-state index is 11.1. The molecule has 2 N–H and O–H groups in total. The number of thioether (sulfide) groups is 1. The molecule has 3 rings (SSSR count). The highest BCUT2D eigenvalue weighted by Crippen LogP contribution is 2.40. The molecule has 2 heterocycles. The molecule has 1 aliphatic rings. The number of aromatic nitrogens is 4. The monoisotopic (exact) mass is 337 g/mol. The summed E-state index contributed by atoms with van der Waals surface area (Å²) >= 11 is 3.34. The molecule has 1 saturated carbocycles. The first-order valence-corrected chi connectivity index (χ1v) is 9.12. The maximum Gasteiger partial charge on any atom is 0.219 e. The van der Waals surface area contributed by atoms with Gasteiger partial charge < -0.3 is 10.3 Å². The van der Waals surface area contributed by atoms with Gasteiger partial charge >= 0.3 is 0 Å². The summed E-state index contributed by atoms with van der Waals surface area (Å²) in [5.74, 6) is 1.98. The van der Waals surface area contributed by atoms with Crippen LogP contribution < -0.4 is 5.73 Å². The molecule has 8 heteroatoms. The van der Waals surface area contributed by atoms with Crippen molar-refractivity contribution in [3.05, 3.63) is 21.4 Å². The molecule has 118 valence electrons. The van der Waals surface area contributed by atoms with E-state index < -0.39 is 0 Å². The van der Waals surface area contributed by atoms with Crippen molar-refractivity contribution in [2.45, 2.75) is 56.5 Å². The fourth-order valence-electron chi connectivity index (χ4n) is 2.21. The highest BCUT2D eigenvalue weighted by Gasteiger charge is 2.30. The molecule has 22 heavy (non-hydrogen) atoms. The van der Waals surface area contributed by atoms with Crippen LogP contribution in [0, 0.1) is 13.8 Å². The predicted octanol–water partition coefficient (Wildman–Crippen LogP) is 2.40. The minimum atomic E-state index is -0.294. The number of hydrogen-bond donors (Lipinski definition) is 1. The lowest BCUT2D eigenvalue weighted by Gasteiger charge is -2.07. The Labute approximate surface area is 137 Å². The van der Waals surface area contributed by atoms with E-state index in [2.05, 4.69) is 26.7 Å². The maximum atomic E-state index is 11.1. The van der Waals surface area contributed by atoms with Crippen LogP contribution >= 0.6 is 23.1 Å². The van der Waals surface area contributed by atoms with Gasteiger partial charge in [0.25, 0.3) is 0 Å². The third-order valence-corrected chi connectivity index (χ3v) is 5.90. The summed E-state index contributed by atoms with van der Waals surface area (Å²) in [5.41, 5.74) is 6.37. The van der Waals surface area contributed by atoms with Gasteiger partial charge in [-0.15, -0.1) is 21.5 Å². The number of thiazole rings is 1. The number of amides is 1. The van der Waals surface area contributed by atoms with E-state index >= 15 is 0 Å². The minimum Gasteiger partial charge on any atom is -0.370 e. The van der Waals surface area contributed by atoms with Crippen molar-refractivity contribution >= 4 is 29.0 Å². The first kappa shape index (κ1) is 15.5. The number of rotatable bonds is 7. The van der Waals surface area contributed by atoms with Crippen LogP contribution in [-0.2, 0) is 17.1 Å². The number of carbonyl (C=O) groups excluding carboxylic acids is 1. The Kier molecular flexibility index (Phi) is 4.49. The van der Waals surface area contributed by atoms with E-state index in [4.69, 9.17) is 5.73 Å². The number of carbonyl (C=O) groups is 1. The Bertz CT molecular complexity index is 670. The summed E-state index contributed by atoms with van der Waals surface area (Å²) in [4.78, 5) is 16.9. The molecule has 1 fully saturated rings. The average molecular weight is 337 g/mol. The van der Waals surface area contributed by atoms with Crippen LogP contribution in [0.3, 0.4) is 0 Å². The summed E-state index contributed by atoms with van der Waals surface area (Å²) in [5, 5.41) is 10.6.